The Bertz CT molecular complexity index is 1030. The van der Waals surface area contributed by atoms with Gasteiger partial charge in [-0.05, 0) is 35.6 Å². The smallest absolute Gasteiger partial charge is 0.273 e. The van der Waals surface area contributed by atoms with Gasteiger partial charge in [-0.3, -0.25) is 19.8 Å². The molecule has 2 bridgehead atoms. The molecule has 4 rings (SSSR count). The quantitative estimate of drug-likeness (QED) is 0.618. The highest BCUT2D eigenvalue weighted by atomic mass is 16.2. The third-order valence-corrected chi connectivity index (χ3v) is 5.15. The molecule has 4 amide bonds. The summed E-state index contributed by atoms with van der Waals surface area (Å²) in [4.78, 5) is 39.4. The van der Waals surface area contributed by atoms with E-state index >= 15 is 0 Å². The van der Waals surface area contributed by atoms with Crippen LogP contribution in [0.4, 0.5) is 4.79 Å². The van der Waals surface area contributed by atoms with E-state index in [4.69, 9.17) is 0 Å². The molecule has 1 atom stereocenters. The van der Waals surface area contributed by atoms with Gasteiger partial charge in [-0.25, -0.2) is 4.79 Å². The first kappa shape index (κ1) is 18.6. The first-order valence-electron chi connectivity index (χ1n) is 9.45. The lowest BCUT2D eigenvalue weighted by molar-refractivity contribution is -0.131. The van der Waals surface area contributed by atoms with Crippen molar-refractivity contribution in [3.05, 3.63) is 107 Å². The maximum absolute atomic E-state index is 13.3. The number of imide groups is 2. The number of allylic oxidation sites excluding steroid dienone is 11. The molecule has 1 aromatic carbocycles. The topological polar surface area (TPSA) is 66.5 Å². The van der Waals surface area contributed by atoms with E-state index in [1.165, 1.54) is 0 Å². The summed E-state index contributed by atoms with van der Waals surface area (Å²) in [6.07, 6.45) is 16.0. The predicted molar refractivity (Wildman–Crippen MR) is 110 cm³/mol. The number of carbonyl (C=O) groups is 3. The van der Waals surface area contributed by atoms with Crippen LogP contribution in [0.1, 0.15) is 24.9 Å². The van der Waals surface area contributed by atoms with Crippen LogP contribution >= 0.6 is 0 Å². The molecule has 144 valence electrons. The minimum absolute atomic E-state index is 0.0345. The van der Waals surface area contributed by atoms with Crippen molar-refractivity contribution in [2.75, 3.05) is 0 Å². The molecule has 1 saturated heterocycles. The minimum Gasteiger partial charge on any atom is -0.273 e. The predicted octanol–water partition coefficient (Wildman–Crippen LogP) is 4.06. The lowest BCUT2D eigenvalue weighted by Crippen LogP contribution is -2.55. The maximum atomic E-state index is 13.3. The summed E-state index contributed by atoms with van der Waals surface area (Å²) in [6.45, 7) is 1.77. The Labute approximate surface area is 169 Å². The van der Waals surface area contributed by atoms with Crippen LogP contribution in [-0.4, -0.2) is 22.7 Å². The monoisotopic (exact) mass is 384 g/mol. The molecule has 0 aromatic heterocycles. The number of hydrogen-bond acceptors (Lipinski definition) is 3. The second-order valence-corrected chi connectivity index (χ2v) is 7.06. The SMILES string of the molecule is C[C@H](c1ccccc1)N1C(=O)NC(=O)C(=C2/C=C\C3=CC=CC=C(/C=C\2)C3)C1=O. The van der Waals surface area contributed by atoms with Crippen LogP contribution in [0.3, 0.4) is 0 Å². The van der Waals surface area contributed by atoms with E-state index in [2.05, 4.69) is 5.32 Å². The van der Waals surface area contributed by atoms with E-state index in [-0.39, 0.29) is 5.57 Å². The molecule has 5 heteroatoms. The van der Waals surface area contributed by atoms with Gasteiger partial charge in [-0.2, -0.15) is 0 Å². The van der Waals surface area contributed by atoms with E-state index in [0.717, 1.165) is 28.0 Å². The zero-order chi connectivity index (χ0) is 20.4. The van der Waals surface area contributed by atoms with Crippen LogP contribution in [0.25, 0.3) is 0 Å². The Kier molecular flexibility index (Phi) is 4.96. The van der Waals surface area contributed by atoms with Gasteiger partial charge in [0.05, 0.1) is 6.04 Å². The summed E-state index contributed by atoms with van der Waals surface area (Å²) in [7, 11) is 0. The van der Waals surface area contributed by atoms with Crippen molar-refractivity contribution >= 4 is 17.8 Å². The molecular weight excluding hydrogens is 364 g/mol. The number of carbonyl (C=O) groups excluding carboxylic acids is 3. The van der Waals surface area contributed by atoms with Crippen molar-refractivity contribution in [1.82, 2.24) is 10.2 Å². The fourth-order valence-electron chi connectivity index (χ4n) is 3.57. The lowest BCUT2D eigenvalue weighted by Gasteiger charge is -2.32. The van der Waals surface area contributed by atoms with Gasteiger partial charge in [0.1, 0.15) is 5.57 Å². The largest absolute Gasteiger partial charge is 0.331 e. The molecule has 5 nitrogen and oxygen atoms in total. The minimum atomic E-state index is -0.706. The van der Waals surface area contributed by atoms with E-state index in [9.17, 15) is 14.4 Å². The molecule has 0 saturated carbocycles. The van der Waals surface area contributed by atoms with Gasteiger partial charge in [0, 0.05) is 0 Å². The Morgan fingerprint density at radius 2 is 1.52 bits per heavy atom. The van der Waals surface area contributed by atoms with E-state index in [0.29, 0.717) is 5.57 Å². The van der Waals surface area contributed by atoms with Gasteiger partial charge in [0.2, 0.25) is 0 Å². The molecule has 3 aliphatic rings. The molecule has 0 unspecified atom stereocenters. The van der Waals surface area contributed by atoms with Gasteiger partial charge < -0.3 is 0 Å². The fourth-order valence-corrected chi connectivity index (χ4v) is 3.57. The first-order chi connectivity index (χ1) is 14.0. The average Bonchev–Trinajstić information content (AvgIpc) is 2.95. The van der Waals surface area contributed by atoms with Crippen molar-refractivity contribution in [1.29, 1.82) is 0 Å². The number of urea groups is 1. The first-order valence-corrected chi connectivity index (χ1v) is 9.45. The molecule has 0 radical (unpaired) electrons. The molecular formula is C24H20N2O3. The average molecular weight is 384 g/mol. The molecule has 1 fully saturated rings. The number of nitrogens with one attached hydrogen (secondary N) is 1. The Balaban J connectivity index is 1.76. The Morgan fingerprint density at radius 3 is 2.14 bits per heavy atom. The van der Waals surface area contributed by atoms with Crippen molar-refractivity contribution in [3.63, 3.8) is 0 Å². The summed E-state index contributed by atoms with van der Waals surface area (Å²) in [5, 5.41) is 2.32. The summed E-state index contributed by atoms with van der Waals surface area (Å²) in [6, 6.07) is 8.04. The Hall–Kier alpha value is -3.73. The third-order valence-electron chi connectivity index (χ3n) is 5.15. The van der Waals surface area contributed by atoms with Gasteiger partial charge in [-0.15, -0.1) is 0 Å². The highest BCUT2D eigenvalue weighted by Gasteiger charge is 2.40. The zero-order valence-electron chi connectivity index (χ0n) is 16.0. The second kappa shape index (κ2) is 7.72. The van der Waals surface area contributed by atoms with Crippen LogP contribution in [0.15, 0.2) is 101 Å². The van der Waals surface area contributed by atoms with Crippen molar-refractivity contribution in [2.45, 2.75) is 19.4 Å². The molecule has 1 heterocycles. The van der Waals surface area contributed by atoms with Crippen LogP contribution in [0.2, 0.25) is 0 Å². The number of amides is 4. The van der Waals surface area contributed by atoms with Gasteiger partial charge in [-0.1, -0.05) is 78.9 Å². The van der Waals surface area contributed by atoms with Gasteiger partial charge >= 0.3 is 6.03 Å². The van der Waals surface area contributed by atoms with E-state index < -0.39 is 23.9 Å². The Morgan fingerprint density at radius 1 is 0.897 bits per heavy atom. The normalized spacial score (nSPS) is 22.1. The number of nitrogens with zero attached hydrogens (tertiary/aromatic N) is 1. The van der Waals surface area contributed by atoms with Gasteiger partial charge in [0.15, 0.2) is 0 Å². The number of hydrogen-bond donors (Lipinski definition) is 1. The number of fused-ring (bicyclic) bond motifs is 2. The lowest BCUT2D eigenvalue weighted by atomic mass is 9.95. The summed E-state index contributed by atoms with van der Waals surface area (Å²) in [5.74, 6) is -1.27. The van der Waals surface area contributed by atoms with Crippen molar-refractivity contribution in [2.24, 2.45) is 0 Å². The van der Waals surface area contributed by atoms with Gasteiger partial charge in [0.25, 0.3) is 11.8 Å². The standard InChI is InChI=1S/C24H20N2O3/c1-16(19-9-3-2-4-10-19)26-23(28)21(22(27)25-24(26)29)20-13-11-17-7-5-6-8-18(15-17)12-14-20/h2-14,16H,15H2,1H3,(H,25,27,29)/b13-11-,14-12-/t16-/m1/s1. The second-order valence-electron chi connectivity index (χ2n) is 7.06. The van der Waals surface area contributed by atoms with E-state index in [1.54, 1.807) is 19.1 Å². The van der Waals surface area contributed by atoms with Crippen molar-refractivity contribution < 1.29 is 14.4 Å². The molecule has 1 aromatic rings. The zero-order valence-corrected chi connectivity index (χ0v) is 16.0. The van der Waals surface area contributed by atoms with Crippen LogP contribution in [-0.2, 0) is 9.59 Å². The van der Waals surface area contributed by atoms with Crippen LogP contribution in [0.5, 0.6) is 0 Å². The number of barbiturate groups is 1. The molecule has 2 aliphatic carbocycles. The third kappa shape index (κ3) is 3.67. The van der Waals surface area contributed by atoms with Crippen molar-refractivity contribution in [3.8, 4) is 0 Å². The fraction of sp³-hybridized carbons (Fsp3) is 0.125. The highest BCUT2D eigenvalue weighted by molar-refractivity contribution is 6.29. The number of rotatable bonds is 2. The summed E-state index contributed by atoms with van der Waals surface area (Å²) in [5.41, 5.74) is 3.39. The number of benzene rings is 1. The molecule has 0 spiro atoms. The summed E-state index contributed by atoms with van der Waals surface area (Å²) < 4.78 is 0. The highest BCUT2D eigenvalue weighted by Crippen LogP contribution is 2.28. The molecule has 1 aliphatic heterocycles. The van der Waals surface area contributed by atoms with E-state index in [1.807, 2.05) is 66.8 Å². The van der Waals surface area contributed by atoms with Crippen LogP contribution < -0.4 is 5.32 Å². The maximum Gasteiger partial charge on any atom is 0.331 e. The summed E-state index contributed by atoms with van der Waals surface area (Å²) >= 11 is 0. The molecule has 29 heavy (non-hydrogen) atoms. The van der Waals surface area contributed by atoms with Crippen LogP contribution in [0, 0.1) is 0 Å². The molecule has 1 N–H and O–H groups in total.